The third kappa shape index (κ3) is 2.64. The molecule has 0 unspecified atom stereocenters. The second kappa shape index (κ2) is 4.86. The summed E-state index contributed by atoms with van der Waals surface area (Å²) in [6.45, 7) is 5.75. The standard InChI is InChI=1S/C11H13Cl2NO/c1-6-4-7(2)11(8(3)10(6)13)14-9(15)5-12/h4H,5H2,1-3H3,(H,14,15). The van der Waals surface area contributed by atoms with Crippen LogP contribution in [0.1, 0.15) is 16.7 Å². The van der Waals surface area contributed by atoms with E-state index in [2.05, 4.69) is 5.32 Å². The van der Waals surface area contributed by atoms with Gasteiger partial charge in [0, 0.05) is 10.7 Å². The van der Waals surface area contributed by atoms with E-state index in [4.69, 9.17) is 23.2 Å². The number of carbonyl (C=O) groups is 1. The van der Waals surface area contributed by atoms with E-state index < -0.39 is 0 Å². The maximum absolute atomic E-state index is 11.2. The Morgan fingerprint density at radius 2 is 1.93 bits per heavy atom. The summed E-state index contributed by atoms with van der Waals surface area (Å²) in [5, 5.41) is 3.43. The second-order valence-corrected chi connectivity index (χ2v) is 4.15. The van der Waals surface area contributed by atoms with Crippen molar-refractivity contribution in [2.24, 2.45) is 0 Å². The summed E-state index contributed by atoms with van der Waals surface area (Å²) in [5.41, 5.74) is 3.65. The Bertz CT molecular complexity index is 402. The molecule has 0 spiro atoms. The van der Waals surface area contributed by atoms with Crippen LogP contribution in [0.25, 0.3) is 0 Å². The number of hydrogen-bond donors (Lipinski definition) is 1. The van der Waals surface area contributed by atoms with E-state index in [1.165, 1.54) is 0 Å². The zero-order valence-electron chi connectivity index (χ0n) is 8.95. The van der Waals surface area contributed by atoms with Crippen LogP contribution in [0.2, 0.25) is 5.02 Å². The first-order chi connectivity index (χ1) is 6.97. The fourth-order valence-corrected chi connectivity index (χ4v) is 1.74. The maximum Gasteiger partial charge on any atom is 0.239 e. The van der Waals surface area contributed by atoms with Gasteiger partial charge < -0.3 is 5.32 Å². The molecule has 1 N–H and O–H groups in total. The summed E-state index contributed by atoms with van der Waals surface area (Å²) in [7, 11) is 0. The molecule has 4 heteroatoms. The van der Waals surface area contributed by atoms with Crippen LogP contribution in [0.5, 0.6) is 0 Å². The normalized spacial score (nSPS) is 10.2. The molecular formula is C11H13Cl2NO. The average molecular weight is 246 g/mol. The number of alkyl halides is 1. The van der Waals surface area contributed by atoms with Crippen molar-refractivity contribution >= 4 is 34.8 Å². The lowest BCUT2D eigenvalue weighted by Crippen LogP contribution is -2.14. The molecule has 15 heavy (non-hydrogen) atoms. The number of hydrogen-bond acceptors (Lipinski definition) is 1. The van der Waals surface area contributed by atoms with Gasteiger partial charge in [0.1, 0.15) is 5.88 Å². The van der Waals surface area contributed by atoms with Gasteiger partial charge in [0.2, 0.25) is 5.91 Å². The smallest absolute Gasteiger partial charge is 0.239 e. The molecule has 82 valence electrons. The first kappa shape index (κ1) is 12.3. The van der Waals surface area contributed by atoms with Crippen molar-refractivity contribution in [2.45, 2.75) is 20.8 Å². The van der Waals surface area contributed by atoms with Gasteiger partial charge in [-0.25, -0.2) is 0 Å². The van der Waals surface area contributed by atoms with Crippen molar-refractivity contribution in [2.75, 3.05) is 11.2 Å². The summed E-state index contributed by atoms with van der Waals surface area (Å²) in [6, 6.07) is 1.94. The van der Waals surface area contributed by atoms with Gasteiger partial charge in [-0.05, 0) is 37.5 Å². The Kier molecular flexibility index (Phi) is 4.00. The van der Waals surface area contributed by atoms with Crippen LogP contribution in [-0.2, 0) is 4.79 Å². The predicted molar refractivity (Wildman–Crippen MR) is 65.0 cm³/mol. The van der Waals surface area contributed by atoms with Crippen LogP contribution in [0.4, 0.5) is 5.69 Å². The highest BCUT2D eigenvalue weighted by atomic mass is 35.5. The Balaban J connectivity index is 3.18. The molecule has 1 amide bonds. The third-order valence-electron chi connectivity index (χ3n) is 2.26. The number of aryl methyl sites for hydroxylation is 2. The molecule has 1 aromatic rings. The average Bonchev–Trinajstić information content (AvgIpc) is 2.21. The van der Waals surface area contributed by atoms with Crippen LogP contribution < -0.4 is 5.32 Å². The van der Waals surface area contributed by atoms with Gasteiger partial charge in [-0.2, -0.15) is 0 Å². The number of rotatable bonds is 2. The molecule has 0 saturated carbocycles. The first-order valence-corrected chi connectivity index (χ1v) is 5.50. The molecular weight excluding hydrogens is 233 g/mol. The van der Waals surface area contributed by atoms with Crippen molar-refractivity contribution < 1.29 is 4.79 Å². The van der Waals surface area contributed by atoms with E-state index in [1.807, 2.05) is 26.8 Å². The van der Waals surface area contributed by atoms with E-state index in [9.17, 15) is 4.79 Å². The van der Waals surface area contributed by atoms with E-state index >= 15 is 0 Å². The molecule has 0 radical (unpaired) electrons. The minimum absolute atomic E-state index is 0.0512. The van der Waals surface area contributed by atoms with Crippen LogP contribution in [0.3, 0.4) is 0 Å². The Morgan fingerprint density at radius 3 is 2.47 bits per heavy atom. The maximum atomic E-state index is 11.2. The van der Waals surface area contributed by atoms with Crippen LogP contribution in [0.15, 0.2) is 6.07 Å². The number of benzene rings is 1. The number of halogens is 2. The minimum atomic E-state index is -0.220. The largest absolute Gasteiger partial charge is 0.325 e. The van der Waals surface area contributed by atoms with E-state index in [0.717, 1.165) is 22.4 Å². The van der Waals surface area contributed by atoms with Gasteiger partial charge in [0.25, 0.3) is 0 Å². The zero-order chi connectivity index (χ0) is 11.6. The van der Waals surface area contributed by atoms with E-state index in [-0.39, 0.29) is 11.8 Å². The van der Waals surface area contributed by atoms with E-state index in [0.29, 0.717) is 5.02 Å². The second-order valence-electron chi connectivity index (χ2n) is 3.51. The molecule has 0 aliphatic rings. The summed E-state index contributed by atoms with van der Waals surface area (Å²) in [6.07, 6.45) is 0. The minimum Gasteiger partial charge on any atom is -0.325 e. The van der Waals surface area contributed by atoms with Gasteiger partial charge >= 0.3 is 0 Å². The van der Waals surface area contributed by atoms with Gasteiger partial charge in [0.15, 0.2) is 0 Å². The van der Waals surface area contributed by atoms with Crippen molar-refractivity contribution in [3.05, 3.63) is 27.8 Å². The molecule has 0 aliphatic heterocycles. The third-order valence-corrected chi connectivity index (χ3v) is 3.09. The molecule has 0 heterocycles. The number of carbonyl (C=O) groups excluding carboxylic acids is 1. The van der Waals surface area contributed by atoms with Crippen molar-refractivity contribution in [3.8, 4) is 0 Å². The summed E-state index contributed by atoms with van der Waals surface area (Å²) >= 11 is 11.5. The predicted octanol–water partition coefficient (Wildman–Crippen LogP) is 3.44. The van der Waals surface area contributed by atoms with Crippen LogP contribution in [0, 0.1) is 20.8 Å². The molecule has 1 rings (SSSR count). The molecule has 0 bridgehead atoms. The fourth-order valence-electron chi connectivity index (χ4n) is 1.53. The van der Waals surface area contributed by atoms with Gasteiger partial charge in [-0.15, -0.1) is 11.6 Å². The van der Waals surface area contributed by atoms with Crippen LogP contribution >= 0.6 is 23.2 Å². The van der Waals surface area contributed by atoms with Gasteiger partial charge in [0.05, 0.1) is 0 Å². The first-order valence-electron chi connectivity index (χ1n) is 4.59. The Morgan fingerprint density at radius 1 is 1.33 bits per heavy atom. The molecule has 0 fully saturated rings. The highest BCUT2D eigenvalue weighted by Crippen LogP contribution is 2.30. The molecule has 0 atom stereocenters. The summed E-state index contributed by atoms with van der Waals surface area (Å²) < 4.78 is 0. The van der Waals surface area contributed by atoms with Gasteiger partial charge in [-0.3, -0.25) is 4.79 Å². The van der Waals surface area contributed by atoms with E-state index in [1.54, 1.807) is 0 Å². The molecule has 1 aromatic carbocycles. The highest BCUT2D eigenvalue weighted by molar-refractivity contribution is 6.33. The van der Waals surface area contributed by atoms with Crippen molar-refractivity contribution in [3.63, 3.8) is 0 Å². The SMILES string of the molecule is Cc1cc(C)c(NC(=O)CCl)c(C)c1Cl. The highest BCUT2D eigenvalue weighted by Gasteiger charge is 2.11. The summed E-state index contributed by atoms with van der Waals surface area (Å²) in [5.74, 6) is -0.271. The van der Waals surface area contributed by atoms with Crippen molar-refractivity contribution in [1.29, 1.82) is 0 Å². The van der Waals surface area contributed by atoms with Crippen molar-refractivity contribution in [1.82, 2.24) is 0 Å². The summed E-state index contributed by atoms with van der Waals surface area (Å²) in [4.78, 5) is 11.2. The number of nitrogens with one attached hydrogen (secondary N) is 1. The lowest BCUT2D eigenvalue weighted by molar-refractivity contribution is -0.113. The van der Waals surface area contributed by atoms with Crippen LogP contribution in [-0.4, -0.2) is 11.8 Å². The Labute approximate surface area is 99.6 Å². The van der Waals surface area contributed by atoms with Gasteiger partial charge in [-0.1, -0.05) is 17.7 Å². The lowest BCUT2D eigenvalue weighted by atomic mass is 10.0. The fraction of sp³-hybridized carbons (Fsp3) is 0.364. The zero-order valence-corrected chi connectivity index (χ0v) is 10.5. The quantitative estimate of drug-likeness (QED) is 0.795. The monoisotopic (exact) mass is 245 g/mol. The topological polar surface area (TPSA) is 29.1 Å². The number of anilines is 1. The molecule has 0 aromatic heterocycles. The molecule has 0 aliphatic carbocycles. The number of amides is 1. The Hall–Kier alpha value is -0.730. The lowest BCUT2D eigenvalue weighted by Gasteiger charge is -2.14. The molecule has 2 nitrogen and oxygen atoms in total. The molecule has 0 saturated heterocycles.